The molecule has 0 bridgehead atoms. The molecule has 3 heteroatoms. The molecule has 0 unspecified atom stereocenters. The van der Waals surface area contributed by atoms with E-state index in [1.807, 2.05) is 24.3 Å². The molecule has 0 saturated carbocycles. The molecular formula is C50H31NO2. The molecule has 0 aliphatic heterocycles. The predicted molar refractivity (Wildman–Crippen MR) is 222 cm³/mol. The zero-order chi connectivity index (χ0) is 34.9. The van der Waals surface area contributed by atoms with Gasteiger partial charge in [-0.2, -0.15) is 0 Å². The van der Waals surface area contributed by atoms with Crippen LogP contribution in [0.15, 0.2) is 197 Å². The normalized spacial score (nSPS) is 11.8. The van der Waals surface area contributed by atoms with Crippen LogP contribution in [0.1, 0.15) is 0 Å². The Balaban J connectivity index is 1.14. The third-order valence-corrected chi connectivity index (χ3v) is 10.6. The van der Waals surface area contributed by atoms with Crippen LogP contribution >= 0.6 is 0 Å². The van der Waals surface area contributed by atoms with Crippen LogP contribution in [-0.2, 0) is 0 Å². The van der Waals surface area contributed by atoms with E-state index in [-0.39, 0.29) is 0 Å². The van der Waals surface area contributed by atoms with Crippen LogP contribution in [0.5, 0.6) is 0 Å². The van der Waals surface area contributed by atoms with Crippen molar-refractivity contribution in [2.75, 3.05) is 4.90 Å². The first-order valence-corrected chi connectivity index (χ1v) is 18.0. The fourth-order valence-electron chi connectivity index (χ4n) is 8.20. The van der Waals surface area contributed by atoms with Crippen LogP contribution in [0.3, 0.4) is 0 Å². The predicted octanol–water partition coefficient (Wildman–Crippen LogP) is 14.6. The van der Waals surface area contributed by atoms with Crippen LogP contribution in [0.25, 0.3) is 87.7 Å². The Morgan fingerprint density at radius 1 is 0.321 bits per heavy atom. The molecule has 11 rings (SSSR count). The van der Waals surface area contributed by atoms with Gasteiger partial charge in [0.2, 0.25) is 0 Å². The number of para-hydroxylation sites is 2. The van der Waals surface area contributed by atoms with E-state index in [1.165, 1.54) is 32.8 Å². The third kappa shape index (κ3) is 4.75. The second-order valence-corrected chi connectivity index (χ2v) is 13.7. The lowest BCUT2D eigenvalue weighted by Gasteiger charge is -2.27. The quantitative estimate of drug-likeness (QED) is 0.170. The standard InChI is InChI=1S/C50H31NO2/c1-2-12-32(13-3-1)38-16-4-5-17-39(38)33-14-10-15-36(28-33)51(45-20-11-23-48-50(45)42-19-7-9-22-47(42)52-48)37-26-27-40-34(29-37)24-25-35-30-49-44(31-43(35)40)41-18-6-8-21-46(41)53-49/h1-31H. The highest BCUT2D eigenvalue weighted by atomic mass is 16.3. The molecule has 2 aromatic heterocycles. The zero-order valence-electron chi connectivity index (χ0n) is 28.7. The molecule has 248 valence electrons. The molecule has 0 aliphatic carbocycles. The van der Waals surface area contributed by atoms with Crippen molar-refractivity contribution in [3.05, 3.63) is 188 Å². The van der Waals surface area contributed by atoms with Crippen molar-refractivity contribution < 1.29 is 8.83 Å². The minimum atomic E-state index is 0.863. The molecule has 53 heavy (non-hydrogen) atoms. The van der Waals surface area contributed by atoms with Gasteiger partial charge < -0.3 is 13.7 Å². The van der Waals surface area contributed by atoms with Crippen molar-refractivity contribution in [1.29, 1.82) is 0 Å². The van der Waals surface area contributed by atoms with Crippen molar-refractivity contribution in [2.24, 2.45) is 0 Å². The van der Waals surface area contributed by atoms with Gasteiger partial charge in [-0.05, 0) is 104 Å². The number of rotatable bonds is 5. The Morgan fingerprint density at radius 3 is 1.79 bits per heavy atom. The number of fused-ring (bicyclic) bond motifs is 9. The minimum absolute atomic E-state index is 0.863. The lowest BCUT2D eigenvalue weighted by molar-refractivity contribution is 0.669. The number of hydrogen-bond acceptors (Lipinski definition) is 3. The maximum absolute atomic E-state index is 6.42. The van der Waals surface area contributed by atoms with E-state index in [0.29, 0.717) is 0 Å². The topological polar surface area (TPSA) is 29.5 Å². The van der Waals surface area contributed by atoms with Gasteiger partial charge in [-0.3, -0.25) is 0 Å². The van der Waals surface area contributed by atoms with Crippen LogP contribution < -0.4 is 4.90 Å². The van der Waals surface area contributed by atoms with Crippen LogP contribution in [0, 0.1) is 0 Å². The van der Waals surface area contributed by atoms with Crippen LogP contribution in [0.2, 0.25) is 0 Å². The SMILES string of the molecule is c1ccc(-c2ccccc2-c2cccc(N(c3ccc4c(ccc5cc6oc7ccccc7c6cc54)c3)c3cccc4oc5ccccc5c34)c2)cc1. The summed E-state index contributed by atoms with van der Waals surface area (Å²) < 4.78 is 12.7. The van der Waals surface area contributed by atoms with Gasteiger partial charge in [0.1, 0.15) is 22.3 Å². The van der Waals surface area contributed by atoms with E-state index in [9.17, 15) is 0 Å². The van der Waals surface area contributed by atoms with Crippen molar-refractivity contribution in [1.82, 2.24) is 0 Å². The number of hydrogen-bond donors (Lipinski definition) is 0. The van der Waals surface area contributed by atoms with Gasteiger partial charge in [0, 0.05) is 27.5 Å². The van der Waals surface area contributed by atoms with Gasteiger partial charge in [-0.25, -0.2) is 0 Å². The lowest BCUT2D eigenvalue weighted by atomic mass is 9.94. The summed E-state index contributed by atoms with van der Waals surface area (Å²) in [4.78, 5) is 2.38. The fourth-order valence-corrected chi connectivity index (χ4v) is 8.20. The summed E-state index contributed by atoms with van der Waals surface area (Å²) in [6, 6.07) is 66.9. The number of anilines is 3. The first-order chi connectivity index (χ1) is 26.3. The summed E-state index contributed by atoms with van der Waals surface area (Å²) in [5, 5.41) is 9.20. The van der Waals surface area contributed by atoms with Gasteiger partial charge in [0.25, 0.3) is 0 Å². The van der Waals surface area contributed by atoms with Crippen molar-refractivity contribution >= 4 is 82.5 Å². The summed E-state index contributed by atoms with van der Waals surface area (Å²) in [6.07, 6.45) is 0. The molecule has 0 radical (unpaired) electrons. The van der Waals surface area contributed by atoms with Crippen molar-refractivity contribution in [3.8, 4) is 22.3 Å². The molecule has 0 aliphatic rings. The van der Waals surface area contributed by atoms with Gasteiger partial charge in [0.15, 0.2) is 0 Å². The molecular weight excluding hydrogens is 647 g/mol. The number of nitrogens with zero attached hydrogens (tertiary/aromatic N) is 1. The van der Waals surface area contributed by atoms with Crippen molar-refractivity contribution in [2.45, 2.75) is 0 Å². The lowest BCUT2D eigenvalue weighted by Crippen LogP contribution is -2.10. The number of furan rings is 2. The summed E-state index contributed by atoms with van der Waals surface area (Å²) in [5.41, 5.74) is 11.5. The Labute approximate surface area is 305 Å². The fraction of sp³-hybridized carbons (Fsp3) is 0. The van der Waals surface area contributed by atoms with E-state index in [4.69, 9.17) is 8.83 Å². The van der Waals surface area contributed by atoms with E-state index in [1.54, 1.807) is 0 Å². The Bertz CT molecular complexity index is 3190. The maximum atomic E-state index is 6.42. The minimum Gasteiger partial charge on any atom is -0.456 e. The van der Waals surface area contributed by atoms with E-state index >= 15 is 0 Å². The molecule has 11 aromatic rings. The second kappa shape index (κ2) is 11.7. The molecule has 0 N–H and O–H groups in total. The molecule has 0 spiro atoms. The summed E-state index contributed by atoms with van der Waals surface area (Å²) in [5.74, 6) is 0. The van der Waals surface area contributed by atoms with Crippen molar-refractivity contribution in [3.63, 3.8) is 0 Å². The highest BCUT2D eigenvalue weighted by Crippen LogP contribution is 2.45. The van der Waals surface area contributed by atoms with Crippen LogP contribution in [-0.4, -0.2) is 0 Å². The Morgan fingerprint density at radius 2 is 0.943 bits per heavy atom. The average molecular weight is 678 g/mol. The second-order valence-electron chi connectivity index (χ2n) is 13.7. The Hall–Kier alpha value is -7.10. The molecule has 3 nitrogen and oxygen atoms in total. The third-order valence-electron chi connectivity index (χ3n) is 10.6. The first kappa shape index (κ1) is 29.6. The average Bonchev–Trinajstić information content (AvgIpc) is 3.79. The largest absolute Gasteiger partial charge is 0.456 e. The Kier molecular flexibility index (Phi) is 6.55. The molecule has 9 aromatic carbocycles. The summed E-state index contributed by atoms with van der Waals surface area (Å²) >= 11 is 0. The first-order valence-electron chi connectivity index (χ1n) is 18.0. The molecule has 0 amide bonds. The van der Waals surface area contributed by atoms with E-state index in [2.05, 4.69) is 169 Å². The van der Waals surface area contributed by atoms with Gasteiger partial charge in [-0.15, -0.1) is 0 Å². The van der Waals surface area contributed by atoms with Gasteiger partial charge >= 0.3 is 0 Å². The van der Waals surface area contributed by atoms with Gasteiger partial charge in [0.05, 0.1) is 11.1 Å². The zero-order valence-corrected chi connectivity index (χ0v) is 28.7. The van der Waals surface area contributed by atoms with E-state index < -0.39 is 0 Å². The van der Waals surface area contributed by atoms with Crippen LogP contribution in [0.4, 0.5) is 17.1 Å². The molecule has 2 heterocycles. The van der Waals surface area contributed by atoms with Gasteiger partial charge in [-0.1, -0.05) is 127 Å². The smallest absolute Gasteiger partial charge is 0.137 e. The summed E-state index contributed by atoms with van der Waals surface area (Å²) in [7, 11) is 0. The molecule has 0 saturated heterocycles. The molecule has 0 fully saturated rings. The monoisotopic (exact) mass is 677 g/mol. The summed E-state index contributed by atoms with van der Waals surface area (Å²) in [6.45, 7) is 0. The highest BCUT2D eigenvalue weighted by Gasteiger charge is 2.21. The van der Waals surface area contributed by atoms with E-state index in [0.717, 1.165) is 71.9 Å². The maximum Gasteiger partial charge on any atom is 0.137 e. The molecule has 0 atom stereocenters. The highest BCUT2D eigenvalue weighted by molar-refractivity contribution is 6.17. The number of benzene rings is 9.